The fourth-order valence-electron chi connectivity index (χ4n) is 2.31. The van der Waals surface area contributed by atoms with E-state index in [0.717, 1.165) is 10.5 Å². The van der Waals surface area contributed by atoms with Gasteiger partial charge in [0.2, 0.25) is 5.91 Å². The van der Waals surface area contributed by atoms with Gasteiger partial charge in [-0.15, -0.1) is 11.8 Å². The van der Waals surface area contributed by atoms with E-state index in [9.17, 15) is 9.59 Å². The van der Waals surface area contributed by atoms with E-state index in [1.165, 1.54) is 11.8 Å². The van der Waals surface area contributed by atoms with Crippen LogP contribution in [-0.2, 0) is 9.53 Å². The normalized spacial score (nSPS) is 14.6. The molecule has 1 atom stereocenters. The van der Waals surface area contributed by atoms with Crippen LogP contribution in [0.2, 0.25) is 5.02 Å². The summed E-state index contributed by atoms with van der Waals surface area (Å²) in [5, 5.41) is 3.32. The molecule has 0 unspecified atom stereocenters. The number of hydrogen-bond donors (Lipinski definition) is 1. The van der Waals surface area contributed by atoms with Crippen molar-refractivity contribution in [1.29, 1.82) is 0 Å². The molecule has 3 rings (SSSR count). The lowest BCUT2D eigenvalue weighted by Gasteiger charge is -2.18. The van der Waals surface area contributed by atoms with E-state index in [1.807, 2.05) is 24.3 Å². The predicted octanol–water partition coefficient (Wildman–Crippen LogP) is 4.30. The van der Waals surface area contributed by atoms with Crippen molar-refractivity contribution >= 4 is 40.9 Å². The molecule has 0 spiro atoms. The number of carbonyl (C=O) groups is 2. The van der Waals surface area contributed by atoms with E-state index in [-0.39, 0.29) is 5.91 Å². The molecule has 0 aliphatic carbocycles. The summed E-state index contributed by atoms with van der Waals surface area (Å²) in [6, 6.07) is 12.4. The maximum atomic E-state index is 12.3. The maximum absolute atomic E-state index is 12.3. The van der Waals surface area contributed by atoms with E-state index in [2.05, 4.69) is 5.32 Å². The second kappa shape index (κ2) is 6.64. The number of anilines is 1. The predicted molar refractivity (Wildman–Crippen MR) is 91.1 cm³/mol. The molecule has 1 aliphatic heterocycles. The number of ether oxygens (including phenoxy) is 1. The van der Waals surface area contributed by atoms with Gasteiger partial charge in [0.1, 0.15) is 6.10 Å². The molecular weight excluding hydrogens is 334 g/mol. The molecule has 0 aromatic heterocycles. The summed E-state index contributed by atoms with van der Waals surface area (Å²) in [7, 11) is 0. The number of esters is 1. The lowest BCUT2D eigenvalue weighted by Crippen LogP contribution is -2.19. The highest BCUT2D eigenvalue weighted by Gasteiger charge is 2.20. The van der Waals surface area contributed by atoms with Crippen LogP contribution in [0.4, 0.5) is 5.69 Å². The van der Waals surface area contributed by atoms with Gasteiger partial charge in [-0.05, 0) is 31.2 Å². The largest absolute Gasteiger partial charge is 0.454 e. The number of halogens is 1. The number of thioether (sulfide) groups is 1. The third-order valence-electron chi connectivity index (χ3n) is 3.48. The van der Waals surface area contributed by atoms with Crippen molar-refractivity contribution in [1.82, 2.24) is 0 Å². The van der Waals surface area contributed by atoms with Gasteiger partial charge in [-0.25, -0.2) is 4.79 Å². The Morgan fingerprint density at radius 3 is 2.87 bits per heavy atom. The Kier molecular flexibility index (Phi) is 4.59. The fraction of sp³-hybridized carbons (Fsp3) is 0.176. The molecule has 0 radical (unpaired) electrons. The highest BCUT2D eigenvalue weighted by Crippen LogP contribution is 2.33. The molecule has 1 aliphatic rings. The number of fused-ring (bicyclic) bond motifs is 1. The summed E-state index contributed by atoms with van der Waals surface area (Å²) in [5.74, 6) is -0.136. The van der Waals surface area contributed by atoms with E-state index in [1.54, 1.807) is 25.1 Å². The number of benzene rings is 2. The standard InChI is InChI=1S/C17H14ClNO3S/c1-10(12-4-2-3-5-13(12)18)22-17(21)11-6-7-15-14(8-11)19-16(20)9-23-15/h2-8,10H,9H2,1H3,(H,19,20)/t10-/m0/s1. The quantitative estimate of drug-likeness (QED) is 0.841. The van der Waals surface area contributed by atoms with Crippen molar-refractivity contribution in [3.63, 3.8) is 0 Å². The first kappa shape index (κ1) is 15.9. The molecule has 0 bridgehead atoms. The number of rotatable bonds is 3. The molecule has 1 amide bonds. The molecule has 0 fully saturated rings. The number of nitrogens with one attached hydrogen (secondary N) is 1. The highest BCUT2D eigenvalue weighted by atomic mass is 35.5. The Morgan fingerprint density at radius 2 is 2.09 bits per heavy atom. The molecule has 2 aromatic rings. The summed E-state index contributed by atoms with van der Waals surface area (Å²) in [5.41, 5.74) is 1.79. The van der Waals surface area contributed by atoms with Gasteiger partial charge in [0.25, 0.3) is 0 Å². The SMILES string of the molecule is C[C@H](OC(=O)c1ccc2c(c1)NC(=O)CS2)c1ccccc1Cl. The summed E-state index contributed by atoms with van der Waals surface area (Å²) in [4.78, 5) is 24.7. The molecular formula is C17H14ClNO3S. The monoisotopic (exact) mass is 347 g/mol. The first-order valence-electron chi connectivity index (χ1n) is 7.06. The Bertz CT molecular complexity index is 778. The van der Waals surface area contributed by atoms with Gasteiger partial charge in [0.05, 0.1) is 17.0 Å². The van der Waals surface area contributed by atoms with E-state index in [4.69, 9.17) is 16.3 Å². The Hall–Kier alpha value is -1.98. The smallest absolute Gasteiger partial charge is 0.338 e. The van der Waals surface area contributed by atoms with Crippen molar-refractivity contribution in [2.75, 3.05) is 11.1 Å². The molecule has 4 nitrogen and oxygen atoms in total. The topological polar surface area (TPSA) is 55.4 Å². The van der Waals surface area contributed by atoms with Crippen molar-refractivity contribution < 1.29 is 14.3 Å². The van der Waals surface area contributed by atoms with Crippen LogP contribution < -0.4 is 5.32 Å². The third kappa shape index (κ3) is 3.51. The minimum atomic E-state index is -0.462. The Balaban J connectivity index is 1.77. The summed E-state index contributed by atoms with van der Waals surface area (Å²) >= 11 is 7.57. The van der Waals surface area contributed by atoms with Crippen LogP contribution in [-0.4, -0.2) is 17.6 Å². The van der Waals surface area contributed by atoms with E-state index < -0.39 is 12.1 Å². The van der Waals surface area contributed by atoms with Crippen LogP contribution in [0.5, 0.6) is 0 Å². The van der Waals surface area contributed by atoms with Gasteiger partial charge in [-0.1, -0.05) is 29.8 Å². The Labute approximate surface area is 143 Å². The van der Waals surface area contributed by atoms with Crippen molar-refractivity contribution in [3.8, 4) is 0 Å². The van der Waals surface area contributed by atoms with E-state index in [0.29, 0.717) is 22.0 Å². The number of amides is 1. The van der Waals surface area contributed by atoms with Gasteiger partial charge >= 0.3 is 5.97 Å². The summed E-state index contributed by atoms with van der Waals surface area (Å²) in [6.45, 7) is 1.77. The lowest BCUT2D eigenvalue weighted by atomic mass is 10.1. The minimum absolute atomic E-state index is 0.0718. The van der Waals surface area contributed by atoms with Gasteiger partial charge in [-0.3, -0.25) is 4.79 Å². The van der Waals surface area contributed by atoms with Gasteiger partial charge in [0, 0.05) is 15.5 Å². The molecule has 0 saturated carbocycles. The van der Waals surface area contributed by atoms with Crippen LogP contribution >= 0.6 is 23.4 Å². The second-order valence-electron chi connectivity index (χ2n) is 5.12. The zero-order chi connectivity index (χ0) is 16.4. The van der Waals surface area contributed by atoms with Crippen molar-refractivity contribution in [2.45, 2.75) is 17.9 Å². The average molecular weight is 348 g/mol. The second-order valence-corrected chi connectivity index (χ2v) is 6.54. The zero-order valence-electron chi connectivity index (χ0n) is 12.3. The highest BCUT2D eigenvalue weighted by molar-refractivity contribution is 8.00. The van der Waals surface area contributed by atoms with Crippen molar-refractivity contribution in [3.05, 3.63) is 58.6 Å². The number of carbonyl (C=O) groups excluding carboxylic acids is 2. The molecule has 2 aromatic carbocycles. The van der Waals surface area contributed by atoms with Crippen LogP contribution in [0.1, 0.15) is 28.9 Å². The minimum Gasteiger partial charge on any atom is -0.454 e. The average Bonchev–Trinajstić information content (AvgIpc) is 2.54. The molecule has 118 valence electrons. The fourth-order valence-corrected chi connectivity index (χ4v) is 3.38. The van der Waals surface area contributed by atoms with Crippen LogP contribution in [0.3, 0.4) is 0 Å². The lowest BCUT2D eigenvalue weighted by molar-refractivity contribution is -0.113. The van der Waals surface area contributed by atoms with Crippen LogP contribution in [0, 0.1) is 0 Å². The zero-order valence-corrected chi connectivity index (χ0v) is 13.9. The first-order chi connectivity index (χ1) is 11.0. The summed E-state index contributed by atoms with van der Waals surface area (Å²) < 4.78 is 5.48. The van der Waals surface area contributed by atoms with Gasteiger partial charge in [0.15, 0.2) is 0 Å². The molecule has 1 N–H and O–H groups in total. The summed E-state index contributed by atoms with van der Waals surface area (Å²) in [6.07, 6.45) is -0.462. The first-order valence-corrected chi connectivity index (χ1v) is 8.43. The molecule has 6 heteroatoms. The molecule has 23 heavy (non-hydrogen) atoms. The van der Waals surface area contributed by atoms with Gasteiger partial charge in [-0.2, -0.15) is 0 Å². The van der Waals surface area contributed by atoms with Gasteiger partial charge < -0.3 is 10.1 Å². The van der Waals surface area contributed by atoms with Crippen LogP contribution in [0.15, 0.2) is 47.4 Å². The molecule has 1 heterocycles. The van der Waals surface area contributed by atoms with Crippen molar-refractivity contribution in [2.24, 2.45) is 0 Å². The Morgan fingerprint density at radius 1 is 1.30 bits per heavy atom. The number of hydrogen-bond acceptors (Lipinski definition) is 4. The van der Waals surface area contributed by atoms with Crippen LogP contribution in [0.25, 0.3) is 0 Å². The molecule has 0 saturated heterocycles. The van der Waals surface area contributed by atoms with E-state index >= 15 is 0 Å². The third-order valence-corrected chi connectivity index (χ3v) is 4.89. The maximum Gasteiger partial charge on any atom is 0.338 e.